The topological polar surface area (TPSA) is 9.72 Å². The minimum Gasteiger partial charge on any atom is -0.310 e. The molecule has 0 heterocycles. The fourth-order valence-corrected chi connectivity index (χ4v) is 9.69. The Labute approximate surface area is 426 Å². The van der Waals surface area contributed by atoms with Crippen molar-refractivity contribution in [3.63, 3.8) is 0 Å². The zero-order valence-corrected chi connectivity index (χ0v) is 44.3. The van der Waals surface area contributed by atoms with Gasteiger partial charge in [0.2, 0.25) is 0 Å². The highest BCUT2D eigenvalue weighted by atomic mass is 15.2. The first kappa shape index (κ1) is 50.0. The van der Waals surface area contributed by atoms with E-state index in [2.05, 4.69) is 304 Å². The van der Waals surface area contributed by atoms with Crippen LogP contribution in [0.4, 0.5) is 45.5 Å². The molecule has 0 fully saturated rings. The van der Waals surface area contributed by atoms with Crippen LogP contribution >= 0.6 is 0 Å². The Hall–Kier alpha value is -7.36. The Morgan fingerprint density at radius 3 is 1.37 bits per heavy atom. The Bertz CT molecular complexity index is 3060. The van der Waals surface area contributed by atoms with E-state index in [-0.39, 0.29) is 10.8 Å². The molecule has 3 nitrogen and oxygen atoms in total. The van der Waals surface area contributed by atoms with Gasteiger partial charge < -0.3 is 14.7 Å². The maximum Gasteiger partial charge on any atom is 0.0534 e. The Balaban J connectivity index is 1.44. The first-order valence-corrected chi connectivity index (χ1v) is 25.5. The van der Waals surface area contributed by atoms with E-state index >= 15 is 0 Å². The summed E-state index contributed by atoms with van der Waals surface area (Å²) in [7, 11) is 0. The van der Waals surface area contributed by atoms with E-state index in [4.69, 9.17) is 0 Å². The quantitative estimate of drug-likeness (QED) is 0.0795. The molecule has 1 unspecified atom stereocenters. The molecule has 8 aromatic carbocycles. The van der Waals surface area contributed by atoms with E-state index in [0.717, 1.165) is 51.9 Å². The summed E-state index contributed by atoms with van der Waals surface area (Å²) in [5.74, 6) is 0.299. The Morgan fingerprint density at radius 1 is 0.437 bits per heavy atom. The summed E-state index contributed by atoms with van der Waals surface area (Å²) in [6, 6.07) is 75.7. The van der Waals surface area contributed by atoms with Gasteiger partial charge in [-0.15, -0.1) is 0 Å². The molecule has 0 radical (unpaired) electrons. The number of hydrogen-bond donors (Lipinski definition) is 0. The van der Waals surface area contributed by atoms with Gasteiger partial charge in [-0.3, -0.25) is 0 Å². The van der Waals surface area contributed by atoms with E-state index in [1.165, 1.54) is 55.8 Å². The number of allylic oxidation sites excluding steroid dienone is 3. The van der Waals surface area contributed by atoms with Crippen molar-refractivity contribution in [1.29, 1.82) is 0 Å². The van der Waals surface area contributed by atoms with Crippen molar-refractivity contribution in [3.05, 3.63) is 251 Å². The maximum atomic E-state index is 2.58. The SMILES string of the molecule is CCC(C)/C(C)=C(\C(=C(/C)c1ccccc1)c1ccccc1)N(c1ccc(C(C)(C)C)cc1)c1cccc(N(c2ccc(C(C)(C)C)cc2)c2cc(N(c3ccccc3)c3ccccc3)ccc2C)c1C. The van der Waals surface area contributed by atoms with Gasteiger partial charge in [-0.05, 0) is 168 Å². The standard InChI is InChI=1S/C68H73N3/c1-13-48(2)50(4)66(65(54-29-20-15-21-30-54)51(5)53-27-18-14-19-28-53)71(60-45-40-56(41-46-60)68(10,11)12)63-36-26-35-62(52(63)6)70(59-43-38-55(39-44-59)67(7,8)9)64-47-61(42-37-49(64)3)69(57-31-22-16-23-32-57)58-33-24-17-25-34-58/h14-48H,13H2,1-12H3/b65-51+,66-50+. The van der Waals surface area contributed by atoms with Crippen LogP contribution in [0.25, 0.3) is 11.1 Å². The normalized spacial score (nSPS) is 13.0. The highest BCUT2D eigenvalue weighted by Crippen LogP contribution is 2.49. The van der Waals surface area contributed by atoms with Crippen molar-refractivity contribution < 1.29 is 0 Å². The van der Waals surface area contributed by atoms with Gasteiger partial charge in [-0.2, -0.15) is 0 Å². The maximum absolute atomic E-state index is 2.58. The number of benzene rings is 8. The summed E-state index contributed by atoms with van der Waals surface area (Å²) < 4.78 is 0. The zero-order valence-electron chi connectivity index (χ0n) is 44.3. The molecule has 8 aromatic rings. The van der Waals surface area contributed by atoms with Gasteiger partial charge in [-0.25, -0.2) is 0 Å². The number of hydrogen-bond acceptors (Lipinski definition) is 3. The second-order valence-corrected chi connectivity index (χ2v) is 21.2. The third-order valence-corrected chi connectivity index (χ3v) is 14.3. The van der Waals surface area contributed by atoms with E-state index in [1.807, 2.05) is 0 Å². The van der Waals surface area contributed by atoms with Gasteiger partial charge in [0.1, 0.15) is 0 Å². The van der Waals surface area contributed by atoms with E-state index in [1.54, 1.807) is 0 Å². The molecule has 360 valence electrons. The second kappa shape index (κ2) is 21.3. The summed E-state index contributed by atoms with van der Waals surface area (Å²) in [6.07, 6.45) is 1.01. The lowest BCUT2D eigenvalue weighted by molar-refractivity contribution is 0.590. The van der Waals surface area contributed by atoms with Crippen LogP contribution in [-0.4, -0.2) is 0 Å². The molecule has 3 heteroatoms. The van der Waals surface area contributed by atoms with Crippen LogP contribution in [0.15, 0.2) is 218 Å². The molecule has 0 spiro atoms. The summed E-state index contributed by atoms with van der Waals surface area (Å²) >= 11 is 0. The lowest BCUT2D eigenvalue weighted by Gasteiger charge is -2.37. The van der Waals surface area contributed by atoms with Crippen molar-refractivity contribution in [2.75, 3.05) is 14.7 Å². The monoisotopic (exact) mass is 932 g/mol. The molecule has 0 aliphatic heterocycles. The predicted octanol–water partition coefficient (Wildman–Crippen LogP) is 19.9. The smallest absolute Gasteiger partial charge is 0.0534 e. The zero-order chi connectivity index (χ0) is 50.5. The molecule has 0 amide bonds. The molecule has 0 aliphatic carbocycles. The third-order valence-electron chi connectivity index (χ3n) is 14.3. The molecule has 0 aromatic heterocycles. The van der Waals surface area contributed by atoms with Crippen LogP contribution in [0.1, 0.15) is 109 Å². The van der Waals surface area contributed by atoms with Crippen LogP contribution in [0.2, 0.25) is 0 Å². The fourth-order valence-electron chi connectivity index (χ4n) is 9.69. The lowest BCUT2D eigenvalue weighted by Crippen LogP contribution is -2.24. The van der Waals surface area contributed by atoms with Gasteiger partial charge in [0.05, 0.1) is 22.8 Å². The molecule has 0 N–H and O–H groups in total. The molecule has 1 atom stereocenters. The van der Waals surface area contributed by atoms with Gasteiger partial charge in [-0.1, -0.05) is 189 Å². The molecule has 0 aliphatic rings. The van der Waals surface area contributed by atoms with E-state index in [9.17, 15) is 0 Å². The molecular formula is C68H73N3. The average molecular weight is 932 g/mol. The first-order valence-electron chi connectivity index (χ1n) is 25.5. The van der Waals surface area contributed by atoms with Gasteiger partial charge >= 0.3 is 0 Å². The summed E-state index contributed by atoms with van der Waals surface area (Å²) in [5, 5.41) is 0. The highest BCUT2D eigenvalue weighted by molar-refractivity contribution is 6.02. The molecule has 0 saturated heterocycles. The van der Waals surface area contributed by atoms with E-state index < -0.39 is 0 Å². The van der Waals surface area contributed by atoms with Crippen molar-refractivity contribution >= 4 is 56.6 Å². The number of para-hydroxylation sites is 2. The second-order valence-electron chi connectivity index (χ2n) is 21.2. The van der Waals surface area contributed by atoms with Crippen LogP contribution in [-0.2, 0) is 10.8 Å². The molecule has 8 rings (SSSR count). The Morgan fingerprint density at radius 2 is 0.873 bits per heavy atom. The summed E-state index contributed by atoms with van der Waals surface area (Å²) in [4.78, 5) is 7.43. The minimum absolute atomic E-state index is 0.00200. The largest absolute Gasteiger partial charge is 0.310 e. The summed E-state index contributed by atoms with van der Waals surface area (Å²) in [5.41, 5.74) is 21.2. The minimum atomic E-state index is -0.00442. The van der Waals surface area contributed by atoms with Gasteiger partial charge in [0.25, 0.3) is 0 Å². The molecular weight excluding hydrogens is 859 g/mol. The third kappa shape index (κ3) is 10.9. The number of nitrogens with zero attached hydrogens (tertiary/aromatic N) is 3. The van der Waals surface area contributed by atoms with Crippen LogP contribution in [0, 0.1) is 19.8 Å². The molecule has 0 bridgehead atoms. The van der Waals surface area contributed by atoms with Crippen molar-refractivity contribution in [3.8, 4) is 0 Å². The van der Waals surface area contributed by atoms with Crippen molar-refractivity contribution in [2.45, 2.75) is 100 Å². The fraction of sp³-hybridized carbons (Fsp3) is 0.235. The lowest BCUT2D eigenvalue weighted by atomic mass is 9.85. The summed E-state index contributed by atoms with van der Waals surface area (Å²) in [6.45, 7) is 27.7. The van der Waals surface area contributed by atoms with Gasteiger partial charge in [0, 0.05) is 34.0 Å². The van der Waals surface area contributed by atoms with Crippen LogP contribution in [0.3, 0.4) is 0 Å². The van der Waals surface area contributed by atoms with Gasteiger partial charge in [0.15, 0.2) is 0 Å². The first-order chi connectivity index (χ1) is 34.1. The average Bonchev–Trinajstić information content (AvgIpc) is 3.38. The van der Waals surface area contributed by atoms with Crippen molar-refractivity contribution in [1.82, 2.24) is 0 Å². The van der Waals surface area contributed by atoms with E-state index in [0.29, 0.717) is 5.92 Å². The number of rotatable bonds is 14. The van der Waals surface area contributed by atoms with Crippen LogP contribution < -0.4 is 14.7 Å². The molecule has 0 saturated carbocycles. The number of anilines is 8. The number of aryl methyl sites for hydroxylation is 1. The van der Waals surface area contributed by atoms with Crippen LogP contribution in [0.5, 0.6) is 0 Å². The Kier molecular flexibility index (Phi) is 15.0. The highest BCUT2D eigenvalue weighted by Gasteiger charge is 2.30. The van der Waals surface area contributed by atoms with Crippen molar-refractivity contribution in [2.24, 2.45) is 5.92 Å². The molecule has 71 heavy (non-hydrogen) atoms. The predicted molar refractivity (Wildman–Crippen MR) is 309 cm³/mol.